The Morgan fingerprint density at radius 1 is 1.13 bits per heavy atom. The topological polar surface area (TPSA) is 20.2 Å². The zero-order chi connectivity index (χ0) is 14.2. The Hall–Kier alpha value is -0.360. The van der Waals surface area contributed by atoms with Crippen LogP contribution in [0, 0.1) is 0 Å². The number of benzene rings is 1. The highest BCUT2D eigenvalue weighted by atomic mass is 35.5. The van der Waals surface area contributed by atoms with E-state index >= 15 is 0 Å². The molecule has 3 nitrogen and oxygen atoms in total. The molecule has 1 fully saturated rings. The summed E-state index contributed by atoms with van der Waals surface area (Å²) >= 11 is 8.12. The van der Waals surface area contributed by atoms with Gasteiger partial charge in [0.2, 0.25) is 0 Å². The van der Waals surface area contributed by atoms with Crippen LogP contribution in [-0.4, -0.2) is 35.6 Å². The molecule has 0 amide bonds. The Morgan fingerprint density at radius 3 is 2.70 bits per heavy atom. The third kappa shape index (κ3) is 3.84. The Morgan fingerprint density at radius 2 is 1.91 bits per heavy atom. The first-order chi connectivity index (χ1) is 10.3. The maximum Gasteiger partial charge on any atom is 0.0797 e. The van der Waals surface area contributed by atoms with Gasteiger partial charge in [-0.15, -0.1) is 24.8 Å². The molecule has 126 valence electrons. The van der Waals surface area contributed by atoms with Gasteiger partial charge in [0.25, 0.3) is 0 Å². The van der Waals surface area contributed by atoms with Gasteiger partial charge in [0.1, 0.15) is 0 Å². The van der Waals surface area contributed by atoms with Gasteiger partial charge in [0, 0.05) is 48.8 Å². The number of nitrogens with one attached hydrogen (secondary N) is 1. The number of hydrogen-bond donors (Lipinski definition) is 1. The highest BCUT2D eigenvalue weighted by molar-refractivity contribution is 7.99. The van der Waals surface area contributed by atoms with Gasteiger partial charge >= 0.3 is 0 Å². The summed E-state index contributed by atoms with van der Waals surface area (Å²) in [4.78, 5) is 3.92. The number of piperazine rings is 1. The van der Waals surface area contributed by atoms with E-state index < -0.39 is 0 Å². The first kappa shape index (κ1) is 19.0. The Kier molecular flexibility index (Phi) is 6.72. The van der Waals surface area contributed by atoms with E-state index in [1.807, 2.05) is 17.8 Å². The van der Waals surface area contributed by atoms with Crippen molar-refractivity contribution in [3.63, 3.8) is 0 Å². The second-order valence-corrected chi connectivity index (χ2v) is 7.08. The fourth-order valence-electron chi connectivity index (χ4n) is 3.22. The number of nitrogens with zero attached hydrogens (tertiary/aromatic N) is 2. The first-order valence-corrected chi connectivity index (χ1v) is 8.58. The standard InChI is InChI=1S/C16H18ClN3S.2ClH/c17-12-3-4-15-13(10-12)14(19-8-5-18-6-9-19)11-20-7-1-2-16(20)21-15;;/h1-4,7,10,14,18H,5-6,8-9,11H2;2*1H/t14-;;/m1../s1. The molecular formula is C16H20Cl3N3S. The summed E-state index contributed by atoms with van der Waals surface area (Å²) in [5.41, 5.74) is 1.37. The molecule has 23 heavy (non-hydrogen) atoms. The van der Waals surface area contributed by atoms with Crippen LogP contribution >= 0.6 is 48.2 Å². The van der Waals surface area contributed by atoms with Gasteiger partial charge in [0.15, 0.2) is 0 Å². The molecule has 1 saturated heterocycles. The van der Waals surface area contributed by atoms with Crippen molar-refractivity contribution in [1.29, 1.82) is 0 Å². The van der Waals surface area contributed by atoms with E-state index in [2.05, 4.69) is 45.2 Å². The van der Waals surface area contributed by atoms with Gasteiger partial charge in [-0.05, 0) is 35.9 Å². The van der Waals surface area contributed by atoms with Crippen LogP contribution in [-0.2, 0) is 6.54 Å². The van der Waals surface area contributed by atoms with E-state index in [-0.39, 0.29) is 24.8 Å². The minimum absolute atomic E-state index is 0. The summed E-state index contributed by atoms with van der Waals surface area (Å²) in [5.74, 6) is 0. The summed E-state index contributed by atoms with van der Waals surface area (Å²) in [7, 11) is 0. The summed E-state index contributed by atoms with van der Waals surface area (Å²) in [6, 6.07) is 11.1. The van der Waals surface area contributed by atoms with Gasteiger partial charge in [-0.25, -0.2) is 0 Å². The van der Waals surface area contributed by atoms with Crippen LogP contribution in [0.5, 0.6) is 0 Å². The maximum atomic E-state index is 6.27. The SMILES string of the molecule is Cl.Cl.Clc1ccc2c(c1)[C@H](N1CCNCC1)Cn1cccc1S2. The summed E-state index contributed by atoms with van der Waals surface area (Å²) < 4.78 is 2.37. The minimum Gasteiger partial charge on any atom is -0.341 e. The van der Waals surface area contributed by atoms with Crippen molar-refractivity contribution >= 4 is 48.2 Å². The Labute approximate surface area is 158 Å². The number of aromatic nitrogens is 1. The van der Waals surface area contributed by atoms with E-state index in [9.17, 15) is 0 Å². The van der Waals surface area contributed by atoms with Crippen LogP contribution in [0.25, 0.3) is 0 Å². The molecule has 0 bridgehead atoms. The predicted octanol–water partition coefficient (Wildman–Crippen LogP) is 4.10. The quantitative estimate of drug-likeness (QED) is 0.789. The number of fused-ring (bicyclic) bond motifs is 2. The van der Waals surface area contributed by atoms with Crippen molar-refractivity contribution in [3.05, 3.63) is 47.1 Å². The number of hydrogen-bond acceptors (Lipinski definition) is 3. The normalized spacial score (nSPS) is 20.5. The van der Waals surface area contributed by atoms with Crippen LogP contribution in [0.4, 0.5) is 0 Å². The molecule has 0 spiro atoms. The van der Waals surface area contributed by atoms with Crippen molar-refractivity contribution < 1.29 is 0 Å². The van der Waals surface area contributed by atoms with Crippen LogP contribution in [0.2, 0.25) is 5.02 Å². The average Bonchev–Trinajstić information content (AvgIpc) is 2.89. The molecule has 1 aromatic heterocycles. The van der Waals surface area contributed by atoms with E-state index in [4.69, 9.17) is 11.6 Å². The molecule has 1 N–H and O–H groups in total. The van der Waals surface area contributed by atoms with E-state index in [0.717, 1.165) is 37.7 Å². The molecule has 7 heteroatoms. The lowest BCUT2D eigenvalue weighted by Crippen LogP contribution is -2.46. The predicted molar refractivity (Wildman–Crippen MR) is 102 cm³/mol. The van der Waals surface area contributed by atoms with Gasteiger partial charge in [0.05, 0.1) is 11.1 Å². The molecule has 4 rings (SSSR count). The van der Waals surface area contributed by atoms with Crippen molar-refractivity contribution in [2.45, 2.75) is 22.5 Å². The lowest BCUT2D eigenvalue weighted by atomic mass is 10.0. The number of halogens is 3. The third-order valence-corrected chi connectivity index (χ3v) is 5.70. The highest BCUT2D eigenvalue weighted by Gasteiger charge is 2.28. The fourth-order valence-corrected chi connectivity index (χ4v) is 4.47. The molecule has 1 aromatic carbocycles. The van der Waals surface area contributed by atoms with Crippen LogP contribution in [0.3, 0.4) is 0 Å². The van der Waals surface area contributed by atoms with Gasteiger partial charge in [-0.2, -0.15) is 0 Å². The van der Waals surface area contributed by atoms with Crippen LogP contribution in [0.1, 0.15) is 11.6 Å². The minimum atomic E-state index is 0. The zero-order valence-electron chi connectivity index (χ0n) is 12.6. The largest absolute Gasteiger partial charge is 0.341 e. The molecular weight excluding hydrogens is 373 g/mol. The van der Waals surface area contributed by atoms with Gasteiger partial charge in [-0.1, -0.05) is 23.4 Å². The highest BCUT2D eigenvalue weighted by Crippen LogP contribution is 2.41. The van der Waals surface area contributed by atoms with Crippen molar-refractivity contribution in [3.8, 4) is 0 Å². The molecule has 3 heterocycles. The lowest BCUT2D eigenvalue weighted by Gasteiger charge is -2.35. The molecule has 0 aliphatic carbocycles. The van der Waals surface area contributed by atoms with E-state index in [1.54, 1.807) is 0 Å². The Bertz CT molecular complexity index is 656. The molecule has 2 aliphatic heterocycles. The molecule has 1 atom stereocenters. The summed E-state index contributed by atoms with van der Waals surface area (Å²) in [6.07, 6.45) is 2.19. The zero-order valence-corrected chi connectivity index (χ0v) is 15.8. The molecule has 0 radical (unpaired) electrons. The smallest absolute Gasteiger partial charge is 0.0797 e. The number of rotatable bonds is 1. The van der Waals surface area contributed by atoms with E-state index in [1.165, 1.54) is 15.5 Å². The maximum absolute atomic E-state index is 6.27. The summed E-state index contributed by atoms with van der Waals surface area (Å²) in [5, 5.41) is 5.59. The molecule has 0 saturated carbocycles. The average molecular weight is 393 g/mol. The van der Waals surface area contributed by atoms with Crippen molar-refractivity contribution in [1.82, 2.24) is 14.8 Å². The third-order valence-electron chi connectivity index (χ3n) is 4.30. The second-order valence-electron chi connectivity index (χ2n) is 5.58. The molecule has 2 aliphatic rings. The second kappa shape index (κ2) is 8.15. The first-order valence-electron chi connectivity index (χ1n) is 7.38. The van der Waals surface area contributed by atoms with Gasteiger partial charge < -0.3 is 9.88 Å². The Balaban J connectivity index is 0.000000960. The molecule has 0 unspecified atom stereocenters. The van der Waals surface area contributed by atoms with Gasteiger partial charge in [-0.3, -0.25) is 4.90 Å². The monoisotopic (exact) mass is 391 g/mol. The van der Waals surface area contributed by atoms with Crippen molar-refractivity contribution in [2.24, 2.45) is 0 Å². The molecule has 2 aromatic rings. The summed E-state index contributed by atoms with van der Waals surface area (Å²) in [6.45, 7) is 5.33. The van der Waals surface area contributed by atoms with Crippen molar-refractivity contribution in [2.75, 3.05) is 26.2 Å². The van der Waals surface area contributed by atoms with Crippen LogP contribution in [0.15, 0.2) is 46.5 Å². The van der Waals surface area contributed by atoms with E-state index in [0.29, 0.717) is 6.04 Å². The fraction of sp³-hybridized carbons (Fsp3) is 0.375. The van der Waals surface area contributed by atoms with Crippen LogP contribution < -0.4 is 5.32 Å². The lowest BCUT2D eigenvalue weighted by molar-refractivity contribution is 0.155.